The standard InChI is InChI=1S/C26H30N2O5/c1-2-27(23(29)15-16-24(30)31)25-19-11-6-7-13-21(19)28(22-14-8-12-20(22)25)26(32)33-17-18-9-4-3-5-10-18/h3-7,9-11,13,20,22,25H,2,8,12,14-17H2,1H3,(H,30,31)/t20-,22+,25-/m0/s1. The highest BCUT2D eigenvalue weighted by Crippen LogP contribution is 2.50. The van der Waals surface area contributed by atoms with E-state index >= 15 is 0 Å². The monoisotopic (exact) mass is 450 g/mol. The number of nitrogens with zero attached hydrogens (tertiary/aromatic N) is 2. The van der Waals surface area contributed by atoms with Crippen LogP contribution in [0.2, 0.25) is 0 Å². The minimum absolute atomic E-state index is 0.0257. The van der Waals surface area contributed by atoms with E-state index in [1.54, 1.807) is 9.80 Å². The van der Waals surface area contributed by atoms with Crippen molar-refractivity contribution < 1.29 is 24.2 Å². The molecule has 7 heteroatoms. The summed E-state index contributed by atoms with van der Waals surface area (Å²) in [5.41, 5.74) is 2.62. The average molecular weight is 451 g/mol. The van der Waals surface area contributed by atoms with Crippen LogP contribution >= 0.6 is 0 Å². The van der Waals surface area contributed by atoms with Gasteiger partial charge in [0.1, 0.15) is 6.61 Å². The van der Waals surface area contributed by atoms with Crippen molar-refractivity contribution in [1.82, 2.24) is 4.90 Å². The van der Waals surface area contributed by atoms with Crippen LogP contribution in [0.25, 0.3) is 0 Å². The van der Waals surface area contributed by atoms with Crippen LogP contribution in [-0.4, -0.2) is 40.6 Å². The average Bonchev–Trinajstić information content (AvgIpc) is 3.31. The zero-order chi connectivity index (χ0) is 23.4. The fourth-order valence-corrected chi connectivity index (χ4v) is 5.33. The molecule has 2 aromatic carbocycles. The van der Waals surface area contributed by atoms with Gasteiger partial charge in [-0.2, -0.15) is 0 Å². The van der Waals surface area contributed by atoms with Crippen LogP contribution in [0.3, 0.4) is 0 Å². The van der Waals surface area contributed by atoms with Gasteiger partial charge in [-0.15, -0.1) is 0 Å². The highest BCUT2D eigenvalue weighted by atomic mass is 16.6. The predicted molar refractivity (Wildman–Crippen MR) is 124 cm³/mol. The molecule has 33 heavy (non-hydrogen) atoms. The number of rotatable bonds is 7. The van der Waals surface area contributed by atoms with Gasteiger partial charge in [-0.3, -0.25) is 14.5 Å². The van der Waals surface area contributed by atoms with Gasteiger partial charge in [-0.25, -0.2) is 4.79 Å². The number of benzene rings is 2. The van der Waals surface area contributed by atoms with E-state index in [-0.39, 0.29) is 49.5 Å². The van der Waals surface area contributed by atoms with Gasteiger partial charge in [0, 0.05) is 24.9 Å². The van der Waals surface area contributed by atoms with Gasteiger partial charge in [-0.05, 0) is 37.0 Å². The largest absolute Gasteiger partial charge is 0.481 e. The Morgan fingerprint density at radius 2 is 1.76 bits per heavy atom. The minimum Gasteiger partial charge on any atom is -0.481 e. The molecule has 174 valence electrons. The molecule has 0 saturated heterocycles. The van der Waals surface area contributed by atoms with E-state index in [9.17, 15) is 14.4 Å². The third kappa shape index (κ3) is 4.72. The lowest BCUT2D eigenvalue weighted by molar-refractivity contribution is -0.142. The quantitative estimate of drug-likeness (QED) is 0.657. The summed E-state index contributed by atoms with van der Waals surface area (Å²) in [5.74, 6) is -1.06. The molecule has 1 saturated carbocycles. The molecule has 1 N–H and O–H groups in total. The molecule has 3 atom stereocenters. The first kappa shape index (κ1) is 22.8. The van der Waals surface area contributed by atoms with Crippen LogP contribution in [0, 0.1) is 5.92 Å². The van der Waals surface area contributed by atoms with E-state index in [1.807, 2.05) is 61.5 Å². The van der Waals surface area contributed by atoms with Gasteiger partial charge in [-0.1, -0.05) is 55.0 Å². The SMILES string of the molecule is CCN(C(=O)CCC(=O)O)[C@H]1c2ccccc2N(C(=O)OCc2ccccc2)[C@@H]2CCC[C@@H]21. The first-order valence-corrected chi connectivity index (χ1v) is 11.6. The number of amides is 2. The maximum absolute atomic E-state index is 13.3. The first-order valence-electron chi connectivity index (χ1n) is 11.6. The number of carbonyl (C=O) groups excluding carboxylic acids is 2. The third-order valence-corrected chi connectivity index (χ3v) is 6.74. The molecule has 0 aromatic heterocycles. The Hall–Kier alpha value is -3.35. The maximum atomic E-state index is 13.3. The van der Waals surface area contributed by atoms with Crippen molar-refractivity contribution in [2.45, 2.75) is 57.7 Å². The number of carbonyl (C=O) groups is 3. The molecule has 1 heterocycles. The number of ether oxygens (including phenoxy) is 1. The lowest BCUT2D eigenvalue weighted by Gasteiger charge is -2.46. The first-order chi connectivity index (χ1) is 16.0. The molecule has 2 aromatic rings. The van der Waals surface area contributed by atoms with Crippen LogP contribution in [0.1, 0.15) is 56.2 Å². The van der Waals surface area contributed by atoms with Crippen molar-refractivity contribution in [2.75, 3.05) is 11.4 Å². The molecule has 1 aliphatic carbocycles. The second-order valence-electron chi connectivity index (χ2n) is 8.65. The smallest absolute Gasteiger partial charge is 0.414 e. The summed E-state index contributed by atoms with van der Waals surface area (Å²) in [6.07, 6.45) is 2.12. The second-order valence-corrected chi connectivity index (χ2v) is 8.65. The van der Waals surface area contributed by atoms with Gasteiger partial charge >= 0.3 is 12.1 Å². The second kappa shape index (κ2) is 10.1. The molecule has 1 fully saturated rings. The maximum Gasteiger partial charge on any atom is 0.414 e. The van der Waals surface area contributed by atoms with E-state index in [2.05, 4.69) is 0 Å². The Labute approximate surface area is 193 Å². The highest BCUT2D eigenvalue weighted by molar-refractivity contribution is 5.91. The van der Waals surface area contributed by atoms with Crippen molar-refractivity contribution in [3.8, 4) is 0 Å². The van der Waals surface area contributed by atoms with Crippen LogP contribution in [-0.2, 0) is 20.9 Å². The number of hydrogen-bond donors (Lipinski definition) is 1. The molecule has 0 unspecified atom stereocenters. The lowest BCUT2D eigenvalue weighted by Crippen LogP contribution is -2.52. The summed E-state index contributed by atoms with van der Waals surface area (Å²) in [6, 6.07) is 17.1. The van der Waals surface area contributed by atoms with Crippen molar-refractivity contribution >= 4 is 23.7 Å². The van der Waals surface area contributed by atoms with Crippen LogP contribution in [0.15, 0.2) is 54.6 Å². The van der Waals surface area contributed by atoms with E-state index in [1.165, 1.54) is 0 Å². The minimum atomic E-state index is -0.977. The number of carboxylic acid groups (broad SMARTS) is 1. The van der Waals surface area contributed by atoms with E-state index in [0.717, 1.165) is 36.1 Å². The number of fused-ring (bicyclic) bond motifs is 2. The Bertz CT molecular complexity index is 1010. The van der Waals surface area contributed by atoms with Gasteiger partial charge in [0.15, 0.2) is 0 Å². The Kier molecular flexibility index (Phi) is 6.96. The van der Waals surface area contributed by atoms with Gasteiger partial charge in [0.25, 0.3) is 0 Å². The summed E-state index contributed by atoms with van der Waals surface area (Å²) >= 11 is 0. The molecule has 7 nitrogen and oxygen atoms in total. The summed E-state index contributed by atoms with van der Waals surface area (Å²) in [5, 5.41) is 9.04. The Balaban J connectivity index is 1.63. The topological polar surface area (TPSA) is 87.2 Å². The van der Waals surface area contributed by atoms with Gasteiger partial charge in [0.05, 0.1) is 18.2 Å². The van der Waals surface area contributed by atoms with Crippen molar-refractivity contribution in [2.24, 2.45) is 5.92 Å². The zero-order valence-corrected chi connectivity index (χ0v) is 18.9. The van der Waals surface area contributed by atoms with Gasteiger partial charge in [0.2, 0.25) is 5.91 Å². The number of para-hydroxylation sites is 1. The normalized spacial score (nSPS) is 21.1. The summed E-state index contributed by atoms with van der Waals surface area (Å²) in [4.78, 5) is 40.9. The highest BCUT2D eigenvalue weighted by Gasteiger charge is 2.48. The summed E-state index contributed by atoms with van der Waals surface area (Å²) in [6.45, 7) is 2.61. The van der Waals surface area contributed by atoms with Crippen molar-refractivity contribution in [1.29, 1.82) is 0 Å². The van der Waals surface area contributed by atoms with Crippen LogP contribution in [0.4, 0.5) is 10.5 Å². The Morgan fingerprint density at radius 1 is 1.03 bits per heavy atom. The molecule has 0 bridgehead atoms. The predicted octanol–water partition coefficient (Wildman–Crippen LogP) is 4.77. The van der Waals surface area contributed by atoms with E-state index < -0.39 is 5.97 Å². The van der Waals surface area contributed by atoms with Crippen molar-refractivity contribution in [3.63, 3.8) is 0 Å². The molecule has 4 rings (SSSR count). The molecule has 2 aliphatic rings. The van der Waals surface area contributed by atoms with Crippen LogP contribution < -0.4 is 4.90 Å². The lowest BCUT2D eigenvalue weighted by atomic mass is 9.81. The molecule has 0 spiro atoms. The molecule has 0 radical (unpaired) electrons. The fourth-order valence-electron chi connectivity index (χ4n) is 5.33. The zero-order valence-electron chi connectivity index (χ0n) is 18.9. The van der Waals surface area contributed by atoms with Gasteiger partial charge < -0.3 is 14.7 Å². The molecule has 1 aliphatic heterocycles. The summed E-state index contributed by atoms with van der Waals surface area (Å²) in [7, 11) is 0. The molecular formula is C26H30N2O5. The van der Waals surface area contributed by atoms with E-state index in [0.29, 0.717) is 6.54 Å². The number of hydrogen-bond acceptors (Lipinski definition) is 4. The number of anilines is 1. The molecule has 2 amide bonds. The summed E-state index contributed by atoms with van der Waals surface area (Å²) < 4.78 is 5.71. The Morgan fingerprint density at radius 3 is 2.48 bits per heavy atom. The number of carboxylic acids is 1. The van der Waals surface area contributed by atoms with Crippen molar-refractivity contribution in [3.05, 3.63) is 65.7 Å². The number of aliphatic carboxylic acids is 1. The van der Waals surface area contributed by atoms with Crippen LogP contribution in [0.5, 0.6) is 0 Å². The van der Waals surface area contributed by atoms with E-state index in [4.69, 9.17) is 9.84 Å². The third-order valence-electron chi connectivity index (χ3n) is 6.74. The molecular weight excluding hydrogens is 420 g/mol. The fraction of sp³-hybridized carbons (Fsp3) is 0.423.